The summed E-state index contributed by atoms with van der Waals surface area (Å²) in [6, 6.07) is 0.592. The molecule has 0 aliphatic carbocycles. The molecule has 1 atom stereocenters. The number of anilines is 1. The lowest BCUT2D eigenvalue weighted by molar-refractivity contribution is 0.148. The molecule has 0 spiro atoms. The zero-order valence-corrected chi connectivity index (χ0v) is 12.9. The van der Waals surface area contributed by atoms with E-state index in [9.17, 15) is 5.11 Å². The van der Waals surface area contributed by atoms with Gasteiger partial charge in [-0.2, -0.15) is 0 Å². The highest BCUT2D eigenvalue weighted by molar-refractivity contribution is 5.83. The van der Waals surface area contributed by atoms with Gasteiger partial charge in [0.25, 0.3) is 0 Å². The van der Waals surface area contributed by atoms with E-state index in [0.29, 0.717) is 6.04 Å². The van der Waals surface area contributed by atoms with Crippen LogP contribution in [0.2, 0.25) is 0 Å². The minimum absolute atomic E-state index is 0.131. The van der Waals surface area contributed by atoms with E-state index in [-0.39, 0.29) is 6.10 Å². The maximum absolute atomic E-state index is 9.70. The number of piperidine rings is 1. The molecule has 1 unspecified atom stereocenters. The van der Waals surface area contributed by atoms with Crippen molar-refractivity contribution in [1.82, 2.24) is 24.4 Å². The van der Waals surface area contributed by atoms with Crippen molar-refractivity contribution < 1.29 is 5.11 Å². The zero-order chi connectivity index (χ0) is 15.1. The van der Waals surface area contributed by atoms with E-state index < -0.39 is 0 Å². The van der Waals surface area contributed by atoms with E-state index in [1.165, 1.54) is 0 Å². The number of aliphatic hydroxyl groups is 1. The summed E-state index contributed by atoms with van der Waals surface area (Å²) >= 11 is 0. The van der Waals surface area contributed by atoms with E-state index in [0.717, 1.165) is 62.4 Å². The average Bonchev–Trinajstić information content (AvgIpc) is 3.14. The van der Waals surface area contributed by atoms with Gasteiger partial charge in [0.1, 0.15) is 6.33 Å². The molecule has 2 aliphatic rings. The first-order chi connectivity index (χ1) is 10.7. The molecule has 0 amide bonds. The summed E-state index contributed by atoms with van der Waals surface area (Å²) in [5, 5.41) is 9.70. The molecule has 1 N–H and O–H groups in total. The van der Waals surface area contributed by atoms with Crippen molar-refractivity contribution in [3.05, 3.63) is 12.7 Å². The Hall–Kier alpha value is -1.73. The monoisotopic (exact) mass is 302 g/mol. The van der Waals surface area contributed by atoms with Gasteiger partial charge in [0.05, 0.1) is 12.4 Å². The highest BCUT2D eigenvalue weighted by atomic mass is 16.3. The Morgan fingerprint density at radius 2 is 1.91 bits per heavy atom. The number of aryl methyl sites for hydroxylation is 1. The number of β-amino-alcohol motifs (C(OH)–C–C–N with tert-alkyl or cyclic N) is 1. The molecule has 2 aliphatic heterocycles. The molecule has 0 radical (unpaired) electrons. The van der Waals surface area contributed by atoms with Gasteiger partial charge in [0.15, 0.2) is 17.0 Å². The van der Waals surface area contributed by atoms with Crippen molar-refractivity contribution in [3.63, 3.8) is 0 Å². The summed E-state index contributed by atoms with van der Waals surface area (Å²) in [7, 11) is 1.96. The predicted octanol–water partition coefficient (Wildman–Crippen LogP) is 0.399. The van der Waals surface area contributed by atoms with E-state index in [4.69, 9.17) is 0 Å². The van der Waals surface area contributed by atoms with Crippen molar-refractivity contribution in [3.8, 4) is 0 Å². The fraction of sp³-hybridized carbons (Fsp3) is 0.667. The lowest BCUT2D eigenvalue weighted by Gasteiger charge is -2.37. The van der Waals surface area contributed by atoms with Crippen molar-refractivity contribution in [1.29, 1.82) is 0 Å². The maximum Gasteiger partial charge on any atom is 0.165 e. The predicted molar refractivity (Wildman–Crippen MR) is 83.7 cm³/mol. The van der Waals surface area contributed by atoms with E-state index >= 15 is 0 Å². The van der Waals surface area contributed by atoms with Crippen LogP contribution in [0.3, 0.4) is 0 Å². The first-order valence-corrected chi connectivity index (χ1v) is 8.01. The number of imidazole rings is 1. The number of hydrogen-bond acceptors (Lipinski definition) is 6. The SMILES string of the molecule is Cn1cnc2c(N3CCC(N4CCC(O)C4)CC3)ncnc21. The molecule has 118 valence electrons. The number of likely N-dealkylation sites (tertiary alicyclic amines) is 1. The van der Waals surface area contributed by atoms with Crippen molar-refractivity contribution in [2.24, 2.45) is 7.05 Å². The lowest BCUT2D eigenvalue weighted by atomic mass is 10.0. The number of nitrogens with zero attached hydrogens (tertiary/aromatic N) is 6. The third-order valence-corrected chi connectivity index (χ3v) is 4.95. The van der Waals surface area contributed by atoms with Crippen molar-refractivity contribution >= 4 is 17.0 Å². The maximum atomic E-state index is 9.70. The topological polar surface area (TPSA) is 70.3 Å². The normalized spacial score (nSPS) is 24.5. The van der Waals surface area contributed by atoms with Gasteiger partial charge < -0.3 is 14.6 Å². The Kier molecular flexibility index (Phi) is 3.46. The number of aromatic nitrogens is 4. The standard InChI is InChI=1S/C15H22N6O/c1-19-10-18-13-14(19)16-9-17-15(13)20-5-2-11(3-6-20)21-7-4-12(22)8-21/h9-12,22H,2-8H2,1H3. The average molecular weight is 302 g/mol. The second-order valence-electron chi connectivity index (χ2n) is 6.38. The van der Waals surface area contributed by atoms with Gasteiger partial charge in [-0.25, -0.2) is 15.0 Å². The molecule has 7 heteroatoms. The van der Waals surface area contributed by atoms with Crippen LogP contribution in [-0.2, 0) is 7.05 Å². The molecule has 22 heavy (non-hydrogen) atoms. The van der Waals surface area contributed by atoms with Gasteiger partial charge in [-0.15, -0.1) is 0 Å². The van der Waals surface area contributed by atoms with Gasteiger partial charge in [0, 0.05) is 39.3 Å². The fourth-order valence-electron chi connectivity index (χ4n) is 3.71. The molecule has 4 rings (SSSR count). The molecule has 0 saturated carbocycles. The summed E-state index contributed by atoms with van der Waals surface area (Å²) in [5.41, 5.74) is 1.77. The summed E-state index contributed by atoms with van der Waals surface area (Å²) in [5.74, 6) is 0.950. The number of aliphatic hydroxyl groups excluding tert-OH is 1. The summed E-state index contributed by atoms with van der Waals surface area (Å²) in [4.78, 5) is 18.0. The summed E-state index contributed by atoms with van der Waals surface area (Å²) in [6.07, 6.45) is 6.44. The van der Waals surface area contributed by atoms with Crippen LogP contribution in [0.1, 0.15) is 19.3 Å². The number of rotatable bonds is 2. The van der Waals surface area contributed by atoms with Gasteiger partial charge in [0.2, 0.25) is 0 Å². The molecule has 2 aromatic rings. The second-order valence-corrected chi connectivity index (χ2v) is 6.38. The van der Waals surface area contributed by atoms with Crippen LogP contribution < -0.4 is 4.90 Å². The van der Waals surface area contributed by atoms with Crippen LogP contribution in [0.5, 0.6) is 0 Å². The first-order valence-electron chi connectivity index (χ1n) is 8.01. The van der Waals surface area contributed by atoms with Gasteiger partial charge in [-0.1, -0.05) is 0 Å². The third-order valence-electron chi connectivity index (χ3n) is 4.95. The van der Waals surface area contributed by atoms with Crippen LogP contribution >= 0.6 is 0 Å². The van der Waals surface area contributed by atoms with Gasteiger partial charge in [-0.05, 0) is 19.3 Å². The van der Waals surface area contributed by atoms with Crippen LogP contribution in [0, 0.1) is 0 Å². The van der Waals surface area contributed by atoms with E-state index in [1.54, 1.807) is 12.7 Å². The van der Waals surface area contributed by atoms with Crippen LogP contribution in [0.15, 0.2) is 12.7 Å². The minimum atomic E-state index is -0.131. The molecule has 7 nitrogen and oxygen atoms in total. The Morgan fingerprint density at radius 3 is 2.64 bits per heavy atom. The molecule has 4 heterocycles. The zero-order valence-electron chi connectivity index (χ0n) is 12.9. The van der Waals surface area contributed by atoms with E-state index in [2.05, 4.69) is 24.8 Å². The number of hydrogen-bond donors (Lipinski definition) is 1. The largest absolute Gasteiger partial charge is 0.392 e. The quantitative estimate of drug-likeness (QED) is 0.866. The fourth-order valence-corrected chi connectivity index (χ4v) is 3.71. The molecule has 0 bridgehead atoms. The summed E-state index contributed by atoms with van der Waals surface area (Å²) < 4.78 is 1.93. The second kappa shape index (κ2) is 5.48. The summed E-state index contributed by atoms with van der Waals surface area (Å²) in [6.45, 7) is 3.84. The highest BCUT2D eigenvalue weighted by Gasteiger charge is 2.30. The highest BCUT2D eigenvalue weighted by Crippen LogP contribution is 2.27. The Balaban J connectivity index is 1.49. The molecule has 2 fully saturated rings. The van der Waals surface area contributed by atoms with Gasteiger partial charge in [-0.3, -0.25) is 4.90 Å². The number of fused-ring (bicyclic) bond motifs is 1. The Labute approximate surface area is 129 Å². The Bertz CT molecular complexity index is 663. The third kappa shape index (κ3) is 2.34. The van der Waals surface area contributed by atoms with Crippen LogP contribution in [0.4, 0.5) is 5.82 Å². The molecular weight excluding hydrogens is 280 g/mol. The molecule has 2 saturated heterocycles. The minimum Gasteiger partial charge on any atom is -0.392 e. The lowest BCUT2D eigenvalue weighted by Crippen LogP contribution is -2.44. The molecule has 0 aromatic carbocycles. The van der Waals surface area contributed by atoms with Crippen molar-refractivity contribution in [2.75, 3.05) is 31.1 Å². The Morgan fingerprint density at radius 1 is 1.09 bits per heavy atom. The molecular formula is C15H22N6O. The van der Waals surface area contributed by atoms with Crippen LogP contribution in [0.25, 0.3) is 11.2 Å². The van der Waals surface area contributed by atoms with Gasteiger partial charge >= 0.3 is 0 Å². The van der Waals surface area contributed by atoms with Crippen molar-refractivity contribution in [2.45, 2.75) is 31.4 Å². The smallest absolute Gasteiger partial charge is 0.165 e. The first kappa shape index (κ1) is 13.9. The molecule has 2 aromatic heterocycles. The van der Waals surface area contributed by atoms with Crippen LogP contribution in [-0.4, -0.2) is 67.9 Å². The van der Waals surface area contributed by atoms with E-state index in [1.807, 2.05) is 11.6 Å².